The maximum Gasteiger partial charge on any atom is 0.143 e. The van der Waals surface area contributed by atoms with Crippen LogP contribution in [0.15, 0.2) is 30.3 Å². The number of hydrogen-bond acceptors (Lipinski definition) is 1. The van der Waals surface area contributed by atoms with Crippen molar-refractivity contribution in [1.29, 1.82) is 0 Å². The van der Waals surface area contributed by atoms with Gasteiger partial charge in [-0.05, 0) is 24.3 Å². The Morgan fingerprint density at radius 3 is 2.29 bits per heavy atom. The molecule has 0 aromatic heterocycles. The quantitative estimate of drug-likeness (QED) is 0.761. The zero-order valence-corrected chi connectivity index (χ0v) is 10.9. The first-order valence-corrected chi connectivity index (χ1v) is 6.77. The molecule has 0 saturated heterocycles. The molecule has 1 atom stereocenters. The molecule has 1 aromatic rings. The van der Waals surface area contributed by atoms with Crippen LogP contribution in [0, 0.1) is 11.8 Å². The van der Waals surface area contributed by atoms with E-state index in [1.54, 1.807) is 0 Å². The molecule has 1 aliphatic rings. The van der Waals surface area contributed by atoms with Gasteiger partial charge in [0.1, 0.15) is 5.78 Å². The molecule has 1 aromatic carbocycles. The van der Waals surface area contributed by atoms with Crippen LogP contribution < -0.4 is 0 Å². The van der Waals surface area contributed by atoms with E-state index in [2.05, 4.69) is 26.0 Å². The number of carbonyl (C=O) groups is 1. The minimum absolute atomic E-state index is 0.0645. The second-order valence-corrected chi connectivity index (χ2v) is 5.49. The molecule has 0 aliphatic heterocycles. The highest BCUT2D eigenvalue weighted by molar-refractivity contribution is 5.87. The molecule has 0 heterocycles. The molecule has 92 valence electrons. The molecule has 1 unspecified atom stereocenters. The third kappa shape index (κ3) is 2.96. The van der Waals surface area contributed by atoms with E-state index in [0.29, 0.717) is 11.7 Å². The molecule has 2 rings (SSSR count). The largest absolute Gasteiger partial charge is 0.299 e. The third-order valence-electron chi connectivity index (χ3n) is 4.14. The zero-order valence-electron chi connectivity index (χ0n) is 10.9. The fourth-order valence-electron chi connectivity index (χ4n) is 2.80. The number of carbonyl (C=O) groups excluding carboxylic acids is 1. The SMILES string of the molecule is CC1CCC(C(=O)C(C)c2ccccc2)CC1. The zero-order chi connectivity index (χ0) is 12.3. The lowest BCUT2D eigenvalue weighted by molar-refractivity contribution is -0.125. The van der Waals surface area contributed by atoms with Gasteiger partial charge in [0.05, 0.1) is 0 Å². The van der Waals surface area contributed by atoms with E-state index in [9.17, 15) is 4.79 Å². The first-order valence-electron chi connectivity index (χ1n) is 6.77. The van der Waals surface area contributed by atoms with Crippen molar-refractivity contribution in [3.05, 3.63) is 35.9 Å². The summed E-state index contributed by atoms with van der Waals surface area (Å²) in [5.74, 6) is 1.63. The summed E-state index contributed by atoms with van der Waals surface area (Å²) in [6.07, 6.45) is 4.63. The van der Waals surface area contributed by atoms with Gasteiger partial charge in [0.25, 0.3) is 0 Å². The summed E-state index contributed by atoms with van der Waals surface area (Å²) in [5, 5.41) is 0. The summed E-state index contributed by atoms with van der Waals surface area (Å²) in [4.78, 5) is 12.4. The highest BCUT2D eigenvalue weighted by atomic mass is 16.1. The normalized spacial score (nSPS) is 26.5. The van der Waals surface area contributed by atoms with Crippen molar-refractivity contribution in [1.82, 2.24) is 0 Å². The lowest BCUT2D eigenvalue weighted by atomic mass is 9.77. The first-order chi connectivity index (χ1) is 8.18. The van der Waals surface area contributed by atoms with Gasteiger partial charge < -0.3 is 0 Å². The van der Waals surface area contributed by atoms with E-state index in [4.69, 9.17) is 0 Å². The average molecular weight is 230 g/mol. The van der Waals surface area contributed by atoms with Gasteiger partial charge in [-0.2, -0.15) is 0 Å². The Hall–Kier alpha value is -1.11. The van der Waals surface area contributed by atoms with Crippen molar-refractivity contribution >= 4 is 5.78 Å². The molecule has 0 bridgehead atoms. The summed E-state index contributed by atoms with van der Waals surface area (Å²) < 4.78 is 0. The molecule has 17 heavy (non-hydrogen) atoms. The summed E-state index contributed by atoms with van der Waals surface area (Å²) in [6.45, 7) is 4.34. The molecule has 0 N–H and O–H groups in total. The standard InChI is InChI=1S/C16H22O/c1-12-8-10-15(11-9-12)16(17)13(2)14-6-4-3-5-7-14/h3-7,12-13,15H,8-11H2,1-2H3. The Labute approximate surface area is 104 Å². The van der Waals surface area contributed by atoms with Crippen molar-refractivity contribution in [2.24, 2.45) is 11.8 Å². The van der Waals surface area contributed by atoms with Gasteiger partial charge in [-0.3, -0.25) is 4.79 Å². The smallest absolute Gasteiger partial charge is 0.143 e. The Bertz CT molecular complexity index is 360. The van der Waals surface area contributed by atoms with Crippen LogP contribution in [-0.4, -0.2) is 5.78 Å². The van der Waals surface area contributed by atoms with E-state index in [1.807, 2.05) is 18.2 Å². The maximum absolute atomic E-state index is 12.4. The lowest BCUT2D eigenvalue weighted by Gasteiger charge is -2.27. The van der Waals surface area contributed by atoms with E-state index in [1.165, 1.54) is 12.8 Å². The van der Waals surface area contributed by atoms with Crippen molar-refractivity contribution in [2.45, 2.75) is 45.4 Å². The molecule has 0 amide bonds. The van der Waals surface area contributed by atoms with Crippen LogP contribution in [0.1, 0.15) is 51.0 Å². The number of ketones is 1. The third-order valence-corrected chi connectivity index (χ3v) is 4.14. The molecular formula is C16H22O. The average Bonchev–Trinajstić information content (AvgIpc) is 2.39. The number of hydrogen-bond donors (Lipinski definition) is 0. The Morgan fingerprint density at radius 1 is 1.12 bits per heavy atom. The second kappa shape index (κ2) is 5.48. The van der Waals surface area contributed by atoms with Gasteiger partial charge in [-0.25, -0.2) is 0 Å². The van der Waals surface area contributed by atoms with Crippen molar-refractivity contribution in [3.8, 4) is 0 Å². The van der Waals surface area contributed by atoms with E-state index >= 15 is 0 Å². The maximum atomic E-state index is 12.4. The molecule has 1 nitrogen and oxygen atoms in total. The topological polar surface area (TPSA) is 17.1 Å². The minimum atomic E-state index is 0.0645. The molecule has 0 spiro atoms. The van der Waals surface area contributed by atoms with Gasteiger partial charge in [0.15, 0.2) is 0 Å². The fraction of sp³-hybridized carbons (Fsp3) is 0.562. The summed E-state index contributed by atoms with van der Waals surface area (Å²) >= 11 is 0. The van der Waals surface area contributed by atoms with Gasteiger partial charge in [-0.15, -0.1) is 0 Å². The van der Waals surface area contributed by atoms with Crippen molar-refractivity contribution in [3.63, 3.8) is 0 Å². The summed E-state index contributed by atoms with van der Waals surface area (Å²) in [5.41, 5.74) is 1.16. The molecule has 1 heteroatoms. The van der Waals surface area contributed by atoms with Crippen LogP contribution in [0.25, 0.3) is 0 Å². The monoisotopic (exact) mass is 230 g/mol. The number of Topliss-reactive ketones (excluding diaryl/α,β-unsaturated/α-hetero) is 1. The highest BCUT2D eigenvalue weighted by Gasteiger charge is 2.28. The molecule has 1 saturated carbocycles. The molecular weight excluding hydrogens is 208 g/mol. The first kappa shape index (κ1) is 12.3. The molecule has 1 aliphatic carbocycles. The minimum Gasteiger partial charge on any atom is -0.299 e. The van der Waals surface area contributed by atoms with Crippen LogP contribution in [-0.2, 0) is 4.79 Å². The van der Waals surface area contributed by atoms with Crippen molar-refractivity contribution < 1.29 is 4.79 Å². The van der Waals surface area contributed by atoms with E-state index in [0.717, 1.165) is 24.3 Å². The van der Waals surface area contributed by atoms with Gasteiger partial charge in [0.2, 0.25) is 0 Å². The summed E-state index contributed by atoms with van der Waals surface area (Å²) in [6, 6.07) is 10.2. The van der Waals surface area contributed by atoms with Crippen molar-refractivity contribution in [2.75, 3.05) is 0 Å². The van der Waals surface area contributed by atoms with E-state index in [-0.39, 0.29) is 5.92 Å². The Morgan fingerprint density at radius 2 is 1.71 bits per heavy atom. The van der Waals surface area contributed by atoms with Crippen LogP contribution in [0.5, 0.6) is 0 Å². The lowest BCUT2D eigenvalue weighted by Crippen LogP contribution is -2.24. The second-order valence-electron chi connectivity index (χ2n) is 5.49. The van der Waals surface area contributed by atoms with Crippen LogP contribution in [0.4, 0.5) is 0 Å². The van der Waals surface area contributed by atoms with Gasteiger partial charge in [0, 0.05) is 11.8 Å². The van der Waals surface area contributed by atoms with Crippen LogP contribution in [0.2, 0.25) is 0 Å². The molecule has 1 fully saturated rings. The Balaban J connectivity index is 2.00. The molecule has 0 radical (unpaired) electrons. The predicted octanol–water partition coefficient (Wildman–Crippen LogP) is 4.19. The van der Waals surface area contributed by atoms with Gasteiger partial charge >= 0.3 is 0 Å². The summed E-state index contributed by atoms with van der Waals surface area (Å²) in [7, 11) is 0. The van der Waals surface area contributed by atoms with Crippen LogP contribution in [0.3, 0.4) is 0 Å². The van der Waals surface area contributed by atoms with Crippen LogP contribution >= 0.6 is 0 Å². The Kier molecular flexibility index (Phi) is 3.98. The highest BCUT2D eigenvalue weighted by Crippen LogP contribution is 2.32. The number of rotatable bonds is 3. The van der Waals surface area contributed by atoms with E-state index < -0.39 is 0 Å². The predicted molar refractivity (Wildman–Crippen MR) is 71.0 cm³/mol. The van der Waals surface area contributed by atoms with Gasteiger partial charge in [-0.1, -0.05) is 57.0 Å². The fourth-order valence-corrected chi connectivity index (χ4v) is 2.80. The number of benzene rings is 1.